The maximum atomic E-state index is 11.9. The molecule has 0 aliphatic rings. The van der Waals surface area contributed by atoms with Crippen molar-refractivity contribution < 1.29 is 8.42 Å². The molecule has 0 aliphatic carbocycles. The summed E-state index contributed by atoms with van der Waals surface area (Å²) in [7, 11) is -3.58. The Morgan fingerprint density at radius 3 is 2.69 bits per heavy atom. The second-order valence-electron chi connectivity index (χ2n) is 3.26. The monoisotopic (exact) mass is 258 g/mol. The van der Waals surface area contributed by atoms with Crippen molar-refractivity contribution in [2.75, 3.05) is 4.72 Å². The van der Waals surface area contributed by atoms with Gasteiger partial charge < -0.3 is 0 Å². The standard InChI is InChI=1S/C8H10N4O2S2/c1-5-4-15-8(10-5)12-16(13,14)7-3-9-11-6(7)2/h3-4H,1-2H3,(H,9,11)(H,10,12). The largest absolute Gasteiger partial charge is 0.281 e. The number of H-pyrrole nitrogens is 1. The summed E-state index contributed by atoms with van der Waals surface area (Å²) in [5.74, 6) is 0. The molecular weight excluding hydrogens is 248 g/mol. The molecule has 0 radical (unpaired) electrons. The summed E-state index contributed by atoms with van der Waals surface area (Å²) in [6.45, 7) is 3.45. The number of hydrogen-bond acceptors (Lipinski definition) is 5. The van der Waals surface area contributed by atoms with Crippen molar-refractivity contribution in [3.63, 3.8) is 0 Å². The minimum absolute atomic E-state index is 0.139. The fraction of sp³-hybridized carbons (Fsp3) is 0.250. The summed E-state index contributed by atoms with van der Waals surface area (Å²) in [5, 5.41) is 8.39. The fourth-order valence-corrected chi connectivity index (χ4v) is 3.26. The highest BCUT2D eigenvalue weighted by Gasteiger charge is 2.19. The molecule has 0 bridgehead atoms. The van der Waals surface area contributed by atoms with Crippen molar-refractivity contribution in [1.29, 1.82) is 0 Å². The second-order valence-corrected chi connectivity index (χ2v) is 5.77. The van der Waals surface area contributed by atoms with Gasteiger partial charge in [-0.05, 0) is 13.8 Å². The average molecular weight is 258 g/mol. The van der Waals surface area contributed by atoms with Crippen LogP contribution in [0.25, 0.3) is 0 Å². The van der Waals surface area contributed by atoms with E-state index < -0.39 is 10.0 Å². The van der Waals surface area contributed by atoms with Crippen molar-refractivity contribution in [2.45, 2.75) is 18.7 Å². The number of aromatic nitrogens is 3. The number of rotatable bonds is 3. The van der Waals surface area contributed by atoms with Crippen LogP contribution in [0.1, 0.15) is 11.4 Å². The summed E-state index contributed by atoms with van der Waals surface area (Å²) in [6.07, 6.45) is 1.28. The normalized spacial score (nSPS) is 11.6. The Balaban J connectivity index is 2.31. The van der Waals surface area contributed by atoms with Crippen LogP contribution < -0.4 is 4.72 Å². The average Bonchev–Trinajstić information content (AvgIpc) is 2.74. The van der Waals surface area contributed by atoms with E-state index in [0.29, 0.717) is 10.8 Å². The molecule has 0 atom stereocenters. The highest BCUT2D eigenvalue weighted by molar-refractivity contribution is 7.93. The number of nitrogens with one attached hydrogen (secondary N) is 2. The number of sulfonamides is 1. The smallest absolute Gasteiger partial charge is 0.267 e. The number of thiazole rings is 1. The lowest BCUT2D eigenvalue weighted by atomic mass is 10.5. The Morgan fingerprint density at radius 1 is 1.44 bits per heavy atom. The van der Waals surface area contributed by atoms with E-state index in [2.05, 4.69) is 19.9 Å². The van der Waals surface area contributed by atoms with Crippen LogP contribution in [-0.4, -0.2) is 23.6 Å². The first-order chi connectivity index (χ1) is 7.49. The number of hydrogen-bond donors (Lipinski definition) is 2. The van der Waals surface area contributed by atoms with Crippen LogP contribution in [0.3, 0.4) is 0 Å². The van der Waals surface area contributed by atoms with Crippen LogP contribution in [0.4, 0.5) is 5.13 Å². The first kappa shape index (κ1) is 11.1. The fourth-order valence-electron chi connectivity index (χ4n) is 1.18. The first-order valence-electron chi connectivity index (χ1n) is 4.44. The number of anilines is 1. The second kappa shape index (κ2) is 3.87. The third kappa shape index (κ3) is 2.07. The van der Waals surface area contributed by atoms with Gasteiger partial charge in [0, 0.05) is 5.38 Å². The molecule has 2 N–H and O–H groups in total. The molecular formula is C8H10N4O2S2. The molecule has 86 valence electrons. The molecule has 2 aromatic heterocycles. The summed E-state index contributed by atoms with van der Waals surface area (Å²) < 4.78 is 26.2. The van der Waals surface area contributed by atoms with Crippen LogP contribution in [0, 0.1) is 13.8 Å². The van der Waals surface area contributed by atoms with Gasteiger partial charge in [-0.15, -0.1) is 11.3 Å². The zero-order valence-corrected chi connectivity index (χ0v) is 10.3. The molecule has 0 saturated heterocycles. The van der Waals surface area contributed by atoms with Crippen molar-refractivity contribution in [3.05, 3.63) is 23.0 Å². The number of nitrogens with zero attached hydrogens (tertiary/aromatic N) is 2. The van der Waals surface area contributed by atoms with E-state index in [0.717, 1.165) is 5.69 Å². The van der Waals surface area contributed by atoms with Gasteiger partial charge in [0.05, 0.1) is 17.6 Å². The van der Waals surface area contributed by atoms with Gasteiger partial charge in [-0.3, -0.25) is 9.82 Å². The Labute approximate surface area is 96.8 Å². The minimum Gasteiger partial charge on any atom is -0.281 e. The zero-order valence-electron chi connectivity index (χ0n) is 8.68. The molecule has 0 saturated carbocycles. The van der Waals surface area contributed by atoms with E-state index in [-0.39, 0.29) is 4.90 Å². The molecule has 2 rings (SSSR count). The van der Waals surface area contributed by atoms with E-state index >= 15 is 0 Å². The SMILES string of the molecule is Cc1csc(NS(=O)(=O)c2cn[nH]c2C)n1. The highest BCUT2D eigenvalue weighted by atomic mass is 32.2. The van der Waals surface area contributed by atoms with Gasteiger partial charge in [0.15, 0.2) is 5.13 Å². The molecule has 0 aromatic carbocycles. The van der Waals surface area contributed by atoms with Gasteiger partial charge in [-0.25, -0.2) is 13.4 Å². The Hall–Kier alpha value is -1.41. The van der Waals surface area contributed by atoms with Gasteiger partial charge in [0.1, 0.15) is 4.90 Å². The number of aromatic amines is 1. The molecule has 2 heterocycles. The van der Waals surface area contributed by atoms with Crippen LogP contribution in [0.2, 0.25) is 0 Å². The molecule has 2 aromatic rings. The van der Waals surface area contributed by atoms with Crippen LogP contribution in [0.5, 0.6) is 0 Å². The van der Waals surface area contributed by atoms with Gasteiger partial charge in [0.25, 0.3) is 10.0 Å². The lowest BCUT2D eigenvalue weighted by molar-refractivity contribution is 0.600. The van der Waals surface area contributed by atoms with Crippen molar-refractivity contribution in [3.8, 4) is 0 Å². The molecule has 6 nitrogen and oxygen atoms in total. The van der Waals surface area contributed by atoms with Gasteiger partial charge in [0.2, 0.25) is 0 Å². The van der Waals surface area contributed by atoms with Crippen molar-refractivity contribution in [1.82, 2.24) is 15.2 Å². The van der Waals surface area contributed by atoms with E-state index in [1.54, 1.807) is 19.2 Å². The van der Waals surface area contributed by atoms with Crippen LogP contribution >= 0.6 is 11.3 Å². The highest BCUT2D eigenvalue weighted by Crippen LogP contribution is 2.20. The van der Waals surface area contributed by atoms with Crippen molar-refractivity contribution in [2.24, 2.45) is 0 Å². The summed E-state index contributed by atoms with van der Waals surface area (Å²) in [4.78, 5) is 4.17. The Morgan fingerprint density at radius 2 is 2.19 bits per heavy atom. The van der Waals surface area contributed by atoms with Gasteiger partial charge >= 0.3 is 0 Å². The van der Waals surface area contributed by atoms with Gasteiger partial charge in [-0.2, -0.15) is 5.10 Å². The van der Waals surface area contributed by atoms with Crippen LogP contribution in [0.15, 0.2) is 16.5 Å². The van der Waals surface area contributed by atoms with E-state index in [4.69, 9.17) is 0 Å². The molecule has 0 aliphatic heterocycles. The number of aryl methyl sites for hydroxylation is 2. The topological polar surface area (TPSA) is 87.7 Å². The summed E-state index contributed by atoms with van der Waals surface area (Å²) >= 11 is 1.25. The lowest BCUT2D eigenvalue weighted by Gasteiger charge is -2.02. The Kier molecular flexibility index (Phi) is 2.68. The molecule has 0 amide bonds. The van der Waals surface area contributed by atoms with E-state index in [1.165, 1.54) is 17.5 Å². The lowest BCUT2D eigenvalue weighted by Crippen LogP contribution is -2.13. The third-order valence-electron chi connectivity index (χ3n) is 1.91. The minimum atomic E-state index is -3.58. The molecule has 8 heteroatoms. The van der Waals surface area contributed by atoms with Gasteiger partial charge in [-0.1, -0.05) is 0 Å². The molecule has 0 spiro atoms. The Bertz CT molecular complexity index is 599. The van der Waals surface area contributed by atoms with Crippen LogP contribution in [-0.2, 0) is 10.0 Å². The predicted molar refractivity (Wildman–Crippen MR) is 61.0 cm³/mol. The summed E-state index contributed by atoms with van der Waals surface area (Å²) in [5.41, 5.74) is 1.28. The zero-order chi connectivity index (χ0) is 11.8. The molecule has 0 fully saturated rings. The maximum Gasteiger partial charge on any atom is 0.267 e. The molecule has 0 unspecified atom stereocenters. The van der Waals surface area contributed by atoms with E-state index in [1.807, 2.05) is 0 Å². The quantitative estimate of drug-likeness (QED) is 0.868. The third-order valence-corrected chi connectivity index (χ3v) is 4.37. The van der Waals surface area contributed by atoms with E-state index in [9.17, 15) is 8.42 Å². The summed E-state index contributed by atoms with van der Waals surface area (Å²) in [6, 6.07) is 0. The predicted octanol–water partition coefficient (Wildman–Crippen LogP) is 1.28. The first-order valence-corrected chi connectivity index (χ1v) is 6.80. The van der Waals surface area contributed by atoms with Crippen molar-refractivity contribution >= 4 is 26.5 Å². The maximum absolute atomic E-state index is 11.9. The molecule has 16 heavy (non-hydrogen) atoms.